The maximum Gasteiger partial charge on any atom is 0.274 e. The van der Waals surface area contributed by atoms with E-state index in [2.05, 4.69) is 41.4 Å². The molecule has 1 amide bonds. The number of hydrogen-bond acceptors (Lipinski definition) is 9. The molecule has 2 fully saturated rings. The molecular weight excluding hydrogens is 420 g/mol. The minimum atomic E-state index is -2.73. The number of aromatic nitrogens is 4. The smallest absolute Gasteiger partial charge is 0.274 e. The van der Waals surface area contributed by atoms with Crippen molar-refractivity contribution in [2.24, 2.45) is 5.92 Å². The van der Waals surface area contributed by atoms with Gasteiger partial charge in [0.05, 0.1) is 18.1 Å². The molecule has 0 aromatic carbocycles. The van der Waals surface area contributed by atoms with E-state index in [0.29, 0.717) is 29.8 Å². The highest BCUT2D eigenvalue weighted by atomic mass is 19.3. The zero-order chi connectivity index (χ0) is 22.6. The first-order chi connectivity index (χ1) is 15.4. The molecule has 0 unspecified atom stereocenters. The number of carbonyl (C=O) groups excluding carboxylic acids is 1. The molecule has 3 heterocycles. The summed E-state index contributed by atoms with van der Waals surface area (Å²) in [6, 6.07) is 2.93. The van der Waals surface area contributed by atoms with E-state index in [4.69, 9.17) is 5.26 Å². The number of halogens is 2. The summed E-state index contributed by atoms with van der Waals surface area (Å²) < 4.78 is 26.2. The van der Waals surface area contributed by atoms with Gasteiger partial charge in [0.15, 0.2) is 17.2 Å². The molecular formula is C20H23F2N9O. The normalized spacial score (nSPS) is 18.3. The van der Waals surface area contributed by atoms with Gasteiger partial charge in [-0.3, -0.25) is 4.79 Å². The largest absolute Gasteiger partial charge is 0.383 e. The lowest BCUT2D eigenvalue weighted by Crippen LogP contribution is -2.50. The Bertz CT molecular complexity index is 995. The van der Waals surface area contributed by atoms with E-state index in [0.717, 1.165) is 25.9 Å². The molecule has 1 saturated carbocycles. The monoisotopic (exact) mass is 443 g/mol. The van der Waals surface area contributed by atoms with Crippen LogP contribution >= 0.6 is 0 Å². The first kappa shape index (κ1) is 21.8. The predicted molar refractivity (Wildman–Crippen MR) is 112 cm³/mol. The number of nitriles is 1. The molecule has 4 rings (SSSR count). The van der Waals surface area contributed by atoms with E-state index in [-0.39, 0.29) is 24.2 Å². The van der Waals surface area contributed by atoms with Gasteiger partial charge in [-0.2, -0.15) is 5.26 Å². The van der Waals surface area contributed by atoms with Gasteiger partial charge >= 0.3 is 0 Å². The maximum absolute atomic E-state index is 13.1. The number of alkyl halides is 2. The Labute approximate surface area is 183 Å². The number of anilines is 3. The molecule has 1 saturated heterocycles. The van der Waals surface area contributed by atoms with Gasteiger partial charge in [-0.25, -0.2) is 18.7 Å². The second-order valence-electron chi connectivity index (χ2n) is 8.02. The molecule has 0 bridgehead atoms. The third-order valence-corrected chi connectivity index (χ3v) is 5.50. The fraction of sp³-hybridized carbons (Fsp3) is 0.500. The molecule has 1 aliphatic heterocycles. The minimum absolute atomic E-state index is 0.0469. The Morgan fingerprint density at radius 2 is 1.97 bits per heavy atom. The zero-order valence-electron chi connectivity index (χ0n) is 17.2. The molecule has 2 aromatic heterocycles. The summed E-state index contributed by atoms with van der Waals surface area (Å²) in [6.45, 7) is 2.52. The van der Waals surface area contributed by atoms with E-state index < -0.39 is 17.9 Å². The van der Waals surface area contributed by atoms with E-state index in [1.165, 1.54) is 12.4 Å². The molecule has 32 heavy (non-hydrogen) atoms. The molecule has 0 atom stereocenters. The van der Waals surface area contributed by atoms with Gasteiger partial charge in [0, 0.05) is 31.5 Å². The van der Waals surface area contributed by atoms with Gasteiger partial charge in [0.1, 0.15) is 11.9 Å². The van der Waals surface area contributed by atoms with Gasteiger partial charge < -0.3 is 21.3 Å². The lowest BCUT2D eigenvalue weighted by molar-refractivity contribution is -0.0901. The predicted octanol–water partition coefficient (Wildman–Crippen LogP) is 1.82. The van der Waals surface area contributed by atoms with Crippen molar-refractivity contribution in [1.29, 1.82) is 5.26 Å². The third-order valence-electron chi connectivity index (χ3n) is 5.50. The van der Waals surface area contributed by atoms with Crippen molar-refractivity contribution in [1.82, 2.24) is 30.8 Å². The van der Waals surface area contributed by atoms with Crippen LogP contribution in [0.5, 0.6) is 0 Å². The van der Waals surface area contributed by atoms with Crippen molar-refractivity contribution in [2.75, 3.05) is 30.3 Å². The van der Waals surface area contributed by atoms with Gasteiger partial charge in [-0.05, 0) is 31.8 Å². The average Bonchev–Trinajstić information content (AvgIpc) is 2.78. The molecule has 4 N–H and O–H groups in total. The Balaban J connectivity index is 1.49. The summed E-state index contributed by atoms with van der Waals surface area (Å²) in [6.07, 6.45) is 3.98. The summed E-state index contributed by atoms with van der Waals surface area (Å²) >= 11 is 0. The van der Waals surface area contributed by atoms with Crippen molar-refractivity contribution in [3.05, 3.63) is 29.8 Å². The number of nitrogens with one attached hydrogen (secondary N) is 4. The Hall–Kier alpha value is -3.46. The van der Waals surface area contributed by atoms with Gasteiger partial charge in [-0.1, -0.05) is 0 Å². The molecule has 12 heteroatoms. The van der Waals surface area contributed by atoms with Crippen LogP contribution in [-0.2, 0) is 0 Å². The van der Waals surface area contributed by atoms with E-state index >= 15 is 0 Å². The fourth-order valence-corrected chi connectivity index (χ4v) is 3.69. The summed E-state index contributed by atoms with van der Waals surface area (Å²) in [4.78, 5) is 20.7. The van der Waals surface area contributed by atoms with Crippen LogP contribution in [-0.4, -0.2) is 57.7 Å². The third kappa shape index (κ3) is 5.42. The summed E-state index contributed by atoms with van der Waals surface area (Å²) in [5, 5.41) is 29.0. The first-order valence-corrected chi connectivity index (χ1v) is 10.4. The van der Waals surface area contributed by atoms with Crippen LogP contribution in [0.25, 0.3) is 0 Å². The van der Waals surface area contributed by atoms with Crippen molar-refractivity contribution in [3.63, 3.8) is 0 Å². The minimum Gasteiger partial charge on any atom is -0.383 e. The SMILES string of the molecule is N#Cc1cnc(Nc2cc(NCC3CCNCC3)c(C(=O)NC3CC(F)(F)C3)nn2)cn1. The van der Waals surface area contributed by atoms with Gasteiger partial charge in [0.25, 0.3) is 11.8 Å². The number of hydrogen-bond donors (Lipinski definition) is 4. The maximum atomic E-state index is 13.1. The molecule has 2 aliphatic rings. The van der Waals surface area contributed by atoms with Crippen molar-refractivity contribution in [2.45, 2.75) is 37.6 Å². The quantitative estimate of drug-likeness (QED) is 0.504. The van der Waals surface area contributed by atoms with Crippen LogP contribution in [0.3, 0.4) is 0 Å². The summed E-state index contributed by atoms with van der Waals surface area (Å²) in [7, 11) is 0. The second-order valence-corrected chi connectivity index (χ2v) is 8.02. The van der Waals surface area contributed by atoms with E-state index in [9.17, 15) is 13.6 Å². The van der Waals surface area contributed by atoms with Crippen LogP contribution in [0.4, 0.5) is 26.1 Å². The summed E-state index contributed by atoms with van der Waals surface area (Å²) in [5.74, 6) is -2.16. The number of piperidine rings is 1. The Morgan fingerprint density at radius 1 is 1.19 bits per heavy atom. The van der Waals surface area contributed by atoms with E-state index in [1.54, 1.807) is 6.07 Å². The van der Waals surface area contributed by atoms with Crippen molar-refractivity contribution < 1.29 is 13.6 Å². The Kier molecular flexibility index (Phi) is 6.36. The van der Waals surface area contributed by atoms with Crippen LogP contribution < -0.4 is 21.3 Å². The second kappa shape index (κ2) is 9.35. The fourth-order valence-electron chi connectivity index (χ4n) is 3.69. The molecule has 168 valence electrons. The van der Waals surface area contributed by atoms with Crippen molar-refractivity contribution in [3.8, 4) is 6.07 Å². The van der Waals surface area contributed by atoms with Crippen LogP contribution in [0.1, 0.15) is 41.9 Å². The van der Waals surface area contributed by atoms with Gasteiger partial charge in [-0.15, -0.1) is 10.2 Å². The lowest BCUT2D eigenvalue weighted by Gasteiger charge is -2.35. The highest BCUT2D eigenvalue weighted by molar-refractivity contribution is 5.98. The van der Waals surface area contributed by atoms with Crippen LogP contribution in [0.15, 0.2) is 18.5 Å². The van der Waals surface area contributed by atoms with Crippen LogP contribution in [0.2, 0.25) is 0 Å². The first-order valence-electron chi connectivity index (χ1n) is 10.4. The number of rotatable bonds is 7. The highest BCUT2D eigenvalue weighted by Crippen LogP contribution is 2.37. The highest BCUT2D eigenvalue weighted by Gasteiger charge is 2.46. The molecule has 0 radical (unpaired) electrons. The standard InChI is InChI=1S/C20H23F2N9O/c21-20(22)6-13(7-20)28-19(32)18-15(26-9-12-1-3-24-4-2-12)5-16(30-31-18)29-17-11-25-14(8-23)10-27-17/h5,10-13,24H,1-4,6-7,9H2,(H,28,32)(H2,26,27,29,30). The number of amides is 1. The molecule has 2 aromatic rings. The lowest BCUT2D eigenvalue weighted by atomic mass is 9.88. The topological polar surface area (TPSA) is 141 Å². The van der Waals surface area contributed by atoms with Gasteiger partial charge in [0.2, 0.25) is 0 Å². The van der Waals surface area contributed by atoms with Crippen LogP contribution in [0, 0.1) is 17.2 Å². The molecule has 1 aliphatic carbocycles. The zero-order valence-corrected chi connectivity index (χ0v) is 17.2. The summed E-state index contributed by atoms with van der Waals surface area (Å²) in [5.41, 5.74) is 0.677. The van der Waals surface area contributed by atoms with Crippen molar-refractivity contribution >= 4 is 23.2 Å². The number of carbonyl (C=O) groups is 1. The average molecular weight is 443 g/mol. The van der Waals surface area contributed by atoms with E-state index in [1.807, 2.05) is 6.07 Å². The Morgan fingerprint density at radius 3 is 2.62 bits per heavy atom. The number of nitrogens with zero attached hydrogens (tertiary/aromatic N) is 5. The molecule has 10 nitrogen and oxygen atoms in total. The molecule has 0 spiro atoms.